The fourth-order valence-electron chi connectivity index (χ4n) is 2.09. The van der Waals surface area contributed by atoms with Crippen LogP contribution in [-0.2, 0) is 9.63 Å². The van der Waals surface area contributed by atoms with E-state index in [-0.39, 0.29) is 18.2 Å². The Hall–Kier alpha value is -2.82. The Bertz CT molecular complexity index is 737. The van der Waals surface area contributed by atoms with E-state index in [4.69, 9.17) is 9.57 Å². The van der Waals surface area contributed by atoms with Crippen LogP contribution in [0.5, 0.6) is 5.75 Å². The molecule has 24 heavy (non-hydrogen) atoms. The summed E-state index contributed by atoms with van der Waals surface area (Å²) in [7, 11) is 1.40. The van der Waals surface area contributed by atoms with E-state index in [0.29, 0.717) is 5.69 Å². The number of nitrogens with one attached hydrogen (secondary N) is 1. The van der Waals surface area contributed by atoms with Crippen LogP contribution in [0.25, 0.3) is 0 Å². The Labute approximate surface area is 142 Å². The number of hydrogen-bond donors (Lipinski definition) is 1. The quantitative estimate of drug-likeness (QED) is 0.651. The maximum atomic E-state index is 12.4. The zero-order valence-electron chi connectivity index (χ0n) is 14.4. The normalized spacial score (nSPS) is 11.1. The highest BCUT2D eigenvalue weighted by Crippen LogP contribution is 2.19. The Morgan fingerprint density at radius 2 is 1.71 bits per heavy atom. The number of benzene rings is 2. The largest absolute Gasteiger partial charge is 0.487 e. The average molecular weight is 326 g/mol. The van der Waals surface area contributed by atoms with E-state index < -0.39 is 0 Å². The predicted octanol–water partition coefficient (Wildman–Crippen LogP) is 3.63. The Kier molecular flexibility index (Phi) is 5.95. The van der Waals surface area contributed by atoms with Crippen LogP contribution in [0.1, 0.15) is 16.7 Å². The fourth-order valence-corrected chi connectivity index (χ4v) is 2.09. The summed E-state index contributed by atoms with van der Waals surface area (Å²) in [6.45, 7) is 5.95. The van der Waals surface area contributed by atoms with E-state index in [1.54, 1.807) is 0 Å². The molecule has 0 atom stereocenters. The molecule has 0 unspecified atom stereocenters. The minimum absolute atomic E-state index is 0.0236. The molecule has 0 aliphatic heterocycles. The van der Waals surface area contributed by atoms with E-state index in [0.717, 1.165) is 22.4 Å². The van der Waals surface area contributed by atoms with E-state index in [2.05, 4.69) is 10.5 Å². The van der Waals surface area contributed by atoms with E-state index in [1.165, 1.54) is 7.11 Å². The van der Waals surface area contributed by atoms with Gasteiger partial charge in [-0.05, 0) is 50.1 Å². The van der Waals surface area contributed by atoms with Gasteiger partial charge in [0.15, 0.2) is 5.71 Å². The van der Waals surface area contributed by atoms with Crippen molar-refractivity contribution < 1.29 is 14.4 Å². The SMILES string of the molecule is CO/N=C(\COc1cc(C)ccc1C)C(=O)Nc1ccc(C)cc1. The number of aryl methyl sites for hydroxylation is 3. The second-order valence-corrected chi connectivity index (χ2v) is 5.60. The van der Waals surface area contributed by atoms with Gasteiger partial charge in [0.25, 0.3) is 5.91 Å². The Morgan fingerprint density at radius 3 is 2.38 bits per heavy atom. The fraction of sp³-hybridized carbons (Fsp3) is 0.263. The van der Waals surface area contributed by atoms with Crippen LogP contribution in [0.3, 0.4) is 0 Å². The lowest BCUT2D eigenvalue weighted by Gasteiger charge is -2.11. The molecule has 0 aliphatic rings. The minimum Gasteiger partial charge on any atom is -0.487 e. The molecule has 2 rings (SSSR count). The second kappa shape index (κ2) is 8.15. The van der Waals surface area contributed by atoms with E-state index in [1.807, 2.05) is 63.2 Å². The summed E-state index contributed by atoms with van der Waals surface area (Å²) in [6, 6.07) is 13.4. The molecule has 0 bridgehead atoms. The van der Waals surface area contributed by atoms with Gasteiger partial charge in [-0.2, -0.15) is 0 Å². The maximum absolute atomic E-state index is 12.4. The number of anilines is 1. The molecule has 0 radical (unpaired) electrons. The molecule has 0 saturated heterocycles. The van der Waals surface area contributed by atoms with Crippen LogP contribution in [-0.4, -0.2) is 25.3 Å². The Balaban J connectivity index is 2.06. The van der Waals surface area contributed by atoms with Gasteiger partial charge in [-0.15, -0.1) is 0 Å². The van der Waals surface area contributed by atoms with Crippen molar-refractivity contribution >= 4 is 17.3 Å². The van der Waals surface area contributed by atoms with Gasteiger partial charge in [-0.25, -0.2) is 0 Å². The van der Waals surface area contributed by atoms with Gasteiger partial charge in [0.1, 0.15) is 19.5 Å². The topological polar surface area (TPSA) is 59.9 Å². The smallest absolute Gasteiger partial charge is 0.277 e. The van der Waals surface area contributed by atoms with Crippen molar-refractivity contribution in [1.29, 1.82) is 0 Å². The summed E-state index contributed by atoms with van der Waals surface area (Å²) >= 11 is 0. The third kappa shape index (κ3) is 4.84. The molecule has 2 aromatic carbocycles. The monoisotopic (exact) mass is 326 g/mol. The summed E-state index contributed by atoms with van der Waals surface area (Å²) in [4.78, 5) is 17.1. The van der Waals surface area contributed by atoms with Gasteiger partial charge in [-0.1, -0.05) is 35.0 Å². The highest BCUT2D eigenvalue weighted by Gasteiger charge is 2.14. The third-order valence-corrected chi connectivity index (χ3v) is 3.48. The molecule has 5 heteroatoms. The highest BCUT2D eigenvalue weighted by molar-refractivity contribution is 6.43. The van der Waals surface area contributed by atoms with Crippen LogP contribution >= 0.6 is 0 Å². The van der Waals surface area contributed by atoms with Crippen LogP contribution in [0.4, 0.5) is 5.69 Å². The molecule has 0 aliphatic carbocycles. The first-order chi connectivity index (χ1) is 11.5. The average Bonchev–Trinajstić information content (AvgIpc) is 2.56. The molecule has 0 fully saturated rings. The van der Waals surface area contributed by atoms with E-state index >= 15 is 0 Å². The summed E-state index contributed by atoms with van der Waals surface area (Å²) in [5.74, 6) is 0.368. The number of oxime groups is 1. The van der Waals surface area contributed by atoms with Crippen LogP contribution in [0.15, 0.2) is 47.6 Å². The molecular formula is C19H22N2O3. The lowest BCUT2D eigenvalue weighted by atomic mass is 10.1. The van der Waals surface area contributed by atoms with Gasteiger partial charge in [-0.3, -0.25) is 4.79 Å². The van der Waals surface area contributed by atoms with Gasteiger partial charge in [0, 0.05) is 5.69 Å². The molecule has 0 saturated carbocycles. The third-order valence-electron chi connectivity index (χ3n) is 3.48. The lowest BCUT2D eigenvalue weighted by Crippen LogP contribution is -2.28. The number of carbonyl (C=O) groups excluding carboxylic acids is 1. The molecule has 126 valence electrons. The van der Waals surface area contributed by atoms with Gasteiger partial charge in [0.05, 0.1) is 0 Å². The summed E-state index contributed by atoms with van der Waals surface area (Å²) in [6.07, 6.45) is 0. The first kappa shape index (κ1) is 17.5. The lowest BCUT2D eigenvalue weighted by molar-refractivity contribution is -0.110. The molecule has 0 spiro atoms. The van der Waals surface area contributed by atoms with Crippen LogP contribution < -0.4 is 10.1 Å². The van der Waals surface area contributed by atoms with Crippen molar-refractivity contribution in [2.24, 2.45) is 5.16 Å². The number of hydrogen-bond acceptors (Lipinski definition) is 4. The molecule has 5 nitrogen and oxygen atoms in total. The first-order valence-corrected chi connectivity index (χ1v) is 7.67. The predicted molar refractivity (Wildman–Crippen MR) is 95.7 cm³/mol. The number of nitrogens with zero attached hydrogens (tertiary/aromatic N) is 1. The van der Waals surface area contributed by atoms with E-state index in [9.17, 15) is 4.79 Å². The molecule has 1 N–H and O–H groups in total. The number of ether oxygens (including phenoxy) is 1. The molecule has 0 heterocycles. The molecule has 2 aromatic rings. The second-order valence-electron chi connectivity index (χ2n) is 5.60. The zero-order chi connectivity index (χ0) is 17.5. The summed E-state index contributed by atoms with van der Waals surface area (Å²) in [5, 5.41) is 6.57. The van der Waals surface area contributed by atoms with Crippen molar-refractivity contribution in [2.45, 2.75) is 20.8 Å². The van der Waals surface area contributed by atoms with Crippen molar-refractivity contribution in [2.75, 3.05) is 19.0 Å². The zero-order valence-corrected chi connectivity index (χ0v) is 14.4. The standard InChI is InChI=1S/C19H22N2O3/c1-13-6-9-16(10-7-13)20-19(22)17(21-23-4)12-24-18-11-14(2)5-8-15(18)3/h5-11H,12H2,1-4H3,(H,20,22)/b21-17+. The number of rotatable bonds is 6. The highest BCUT2D eigenvalue weighted by atomic mass is 16.6. The Morgan fingerprint density at radius 1 is 1.04 bits per heavy atom. The van der Waals surface area contributed by atoms with Gasteiger partial charge in [0.2, 0.25) is 0 Å². The molecular weight excluding hydrogens is 304 g/mol. The van der Waals surface area contributed by atoms with Crippen molar-refractivity contribution in [1.82, 2.24) is 0 Å². The van der Waals surface area contributed by atoms with Gasteiger partial charge < -0.3 is 14.9 Å². The van der Waals surface area contributed by atoms with Crippen LogP contribution in [0.2, 0.25) is 0 Å². The summed E-state index contributed by atoms with van der Waals surface area (Å²) < 4.78 is 5.74. The number of carbonyl (C=O) groups is 1. The summed E-state index contributed by atoms with van der Waals surface area (Å²) in [5.41, 5.74) is 4.07. The van der Waals surface area contributed by atoms with Crippen molar-refractivity contribution in [3.05, 3.63) is 59.2 Å². The van der Waals surface area contributed by atoms with Crippen molar-refractivity contribution in [3.8, 4) is 5.75 Å². The van der Waals surface area contributed by atoms with Crippen LogP contribution in [0, 0.1) is 20.8 Å². The van der Waals surface area contributed by atoms with Gasteiger partial charge >= 0.3 is 0 Å². The maximum Gasteiger partial charge on any atom is 0.277 e. The number of amides is 1. The molecule has 0 aromatic heterocycles. The van der Waals surface area contributed by atoms with Crippen molar-refractivity contribution in [3.63, 3.8) is 0 Å². The minimum atomic E-state index is -0.356. The molecule has 1 amide bonds. The first-order valence-electron chi connectivity index (χ1n) is 7.67.